The Morgan fingerprint density at radius 3 is 2.71 bits per heavy atom. The Bertz CT molecular complexity index is 485. The number of carbonyl (C=O) groups excluding carboxylic acids is 1. The molecule has 1 aromatic rings. The molecule has 0 amide bonds. The maximum Gasteiger partial charge on any atom is 0.330 e. The lowest BCUT2D eigenvalue weighted by Gasteiger charge is -2.31. The number of rotatable bonds is 4. The van der Waals surface area contributed by atoms with Crippen LogP contribution < -0.4 is 10.1 Å². The van der Waals surface area contributed by atoms with E-state index >= 15 is 0 Å². The van der Waals surface area contributed by atoms with Crippen LogP contribution in [0, 0.1) is 6.92 Å². The molecule has 21 heavy (non-hydrogen) atoms. The van der Waals surface area contributed by atoms with E-state index in [0.29, 0.717) is 5.75 Å². The number of hydrogen-bond donors (Lipinski definition) is 1. The van der Waals surface area contributed by atoms with Gasteiger partial charge in [0.25, 0.3) is 0 Å². The van der Waals surface area contributed by atoms with E-state index in [-0.39, 0.29) is 12.6 Å². The fourth-order valence-corrected chi connectivity index (χ4v) is 2.28. The van der Waals surface area contributed by atoms with Crippen LogP contribution >= 0.6 is 0 Å². The topological polar surface area (TPSA) is 60.5 Å². The maximum atomic E-state index is 12.5. The van der Waals surface area contributed by atoms with Gasteiger partial charge in [0.15, 0.2) is 5.54 Å². The first kappa shape index (κ1) is 15.8. The third-order valence-electron chi connectivity index (χ3n) is 3.40. The van der Waals surface area contributed by atoms with Crippen LogP contribution in [0.4, 0.5) is 0 Å². The Labute approximate surface area is 126 Å². The maximum absolute atomic E-state index is 12.5. The molecule has 0 bridgehead atoms. The second kappa shape index (κ2) is 6.02. The van der Waals surface area contributed by atoms with Crippen LogP contribution in [0.1, 0.15) is 39.3 Å². The number of pyridine rings is 1. The molecular formula is C16H24N2O3. The molecule has 1 atom stereocenters. The number of hydrogen-bond acceptors (Lipinski definition) is 5. The summed E-state index contributed by atoms with van der Waals surface area (Å²) in [7, 11) is 0. The van der Waals surface area contributed by atoms with Gasteiger partial charge in [0.1, 0.15) is 18.0 Å². The normalized spacial score (nSPS) is 22.1. The van der Waals surface area contributed by atoms with E-state index in [2.05, 4.69) is 10.3 Å². The van der Waals surface area contributed by atoms with Crippen molar-refractivity contribution in [2.75, 3.05) is 13.2 Å². The summed E-state index contributed by atoms with van der Waals surface area (Å²) >= 11 is 0. The van der Waals surface area contributed by atoms with Gasteiger partial charge >= 0.3 is 5.97 Å². The molecule has 2 rings (SSSR count). The summed E-state index contributed by atoms with van der Waals surface area (Å²) in [5.41, 5.74) is -0.319. The van der Waals surface area contributed by atoms with Crippen molar-refractivity contribution in [3.8, 4) is 5.75 Å². The van der Waals surface area contributed by atoms with Gasteiger partial charge in [0, 0.05) is 5.69 Å². The van der Waals surface area contributed by atoms with Crippen LogP contribution in [0.3, 0.4) is 0 Å². The first-order chi connectivity index (χ1) is 9.81. The average Bonchev–Trinajstić information content (AvgIpc) is 2.86. The fourth-order valence-electron chi connectivity index (χ4n) is 2.28. The van der Waals surface area contributed by atoms with Crippen molar-refractivity contribution in [3.05, 3.63) is 24.0 Å². The molecule has 1 saturated heterocycles. The van der Waals surface area contributed by atoms with E-state index in [1.807, 2.05) is 39.8 Å². The quantitative estimate of drug-likeness (QED) is 0.862. The number of esters is 1. The fraction of sp³-hybridized carbons (Fsp3) is 0.625. The molecule has 1 fully saturated rings. The molecule has 1 aliphatic heterocycles. The SMILES string of the molecule is Cc1ccc(OC[C@@]2(C(=O)OC(C)(C)C)CCCN2)cn1. The highest BCUT2D eigenvalue weighted by Crippen LogP contribution is 2.25. The van der Waals surface area contributed by atoms with Crippen LogP contribution in [0.15, 0.2) is 18.3 Å². The predicted octanol–water partition coefficient (Wildman–Crippen LogP) is 2.23. The average molecular weight is 292 g/mol. The van der Waals surface area contributed by atoms with Gasteiger partial charge < -0.3 is 9.47 Å². The molecule has 0 aliphatic carbocycles. The second-order valence-electron chi connectivity index (χ2n) is 6.54. The highest BCUT2D eigenvalue weighted by Gasteiger charge is 2.44. The zero-order valence-corrected chi connectivity index (χ0v) is 13.2. The summed E-state index contributed by atoms with van der Waals surface area (Å²) in [5, 5.41) is 3.25. The zero-order chi connectivity index (χ0) is 15.5. The molecule has 0 radical (unpaired) electrons. The zero-order valence-electron chi connectivity index (χ0n) is 13.2. The van der Waals surface area contributed by atoms with Crippen LogP contribution in [-0.4, -0.2) is 35.2 Å². The second-order valence-corrected chi connectivity index (χ2v) is 6.54. The minimum Gasteiger partial charge on any atom is -0.489 e. The molecule has 1 aliphatic rings. The summed E-state index contributed by atoms with van der Waals surface area (Å²) in [5.74, 6) is 0.421. The third kappa shape index (κ3) is 4.17. The van der Waals surface area contributed by atoms with E-state index in [0.717, 1.165) is 25.1 Å². The molecule has 0 saturated carbocycles. The highest BCUT2D eigenvalue weighted by atomic mass is 16.6. The standard InChI is InChI=1S/C16H24N2O3/c1-12-6-7-13(10-17-12)20-11-16(8-5-9-18-16)14(19)21-15(2,3)4/h6-7,10,18H,5,8-9,11H2,1-4H3/t16-/m1/s1. The Balaban J connectivity index is 2.04. The number of aryl methyl sites for hydroxylation is 1. The van der Waals surface area contributed by atoms with Gasteiger partial charge in [-0.2, -0.15) is 0 Å². The molecule has 5 nitrogen and oxygen atoms in total. The molecule has 0 unspecified atom stereocenters. The van der Waals surface area contributed by atoms with Crippen molar-refractivity contribution in [2.24, 2.45) is 0 Å². The van der Waals surface area contributed by atoms with E-state index in [1.165, 1.54) is 0 Å². The molecule has 0 aromatic carbocycles. The number of ether oxygens (including phenoxy) is 2. The van der Waals surface area contributed by atoms with Crippen molar-refractivity contribution >= 4 is 5.97 Å². The third-order valence-corrected chi connectivity index (χ3v) is 3.40. The van der Waals surface area contributed by atoms with Gasteiger partial charge in [-0.05, 0) is 59.2 Å². The van der Waals surface area contributed by atoms with Gasteiger partial charge in [-0.1, -0.05) is 0 Å². The monoisotopic (exact) mass is 292 g/mol. The molecule has 1 aromatic heterocycles. The smallest absolute Gasteiger partial charge is 0.330 e. The minimum absolute atomic E-state index is 0.243. The Kier molecular flexibility index (Phi) is 4.52. The number of nitrogens with zero attached hydrogens (tertiary/aromatic N) is 1. The van der Waals surface area contributed by atoms with E-state index < -0.39 is 11.1 Å². The van der Waals surface area contributed by atoms with Gasteiger partial charge in [-0.15, -0.1) is 0 Å². The first-order valence-electron chi connectivity index (χ1n) is 7.35. The van der Waals surface area contributed by atoms with Gasteiger partial charge in [-0.25, -0.2) is 4.79 Å². The molecule has 0 spiro atoms. The number of nitrogens with one attached hydrogen (secondary N) is 1. The Morgan fingerprint density at radius 1 is 1.43 bits per heavy atom. The minimum atomic E-state index is -0.752. The number of aromatic nitrogens is 1. The summed E-state index contributed by atoms with van der Waals surface area (Å²) < 4.78 is 11.3. The van der Waals surface area contributed by atoms with Crippen molar-refractivity contribution < 1.29 is 14.3 Å². The number of carbonyl (C=O) groups is 1. The van der Waals surface area contributed by atoms with Crippen LogP contribution in [0.25, 0.3) is 0 Å². The van der Waals surface area contributed by atoms with Crippen molar-refractivity contribution in [1.82, 2.24) is 10.3 Å². The van der Waals surface area contributed by atoms with E-state index in [9.17, 15) is 4.79 Å². The van der Waals surface area contributed by atoms with Crippen LogP contribution in [-0.2, 0) is 9.53 Å². The summed E-state index contributed by atoms with van der Waals surface area (Å²) in [6.07, 6.45) is 3.34. The first-order valence-corrected chi connectivity index (χ1v) is 7.35. The highest BCUT2D eigenvalue weighted by molar-refractivity contribution is 5.82. The molecule has 1 N–H and O–H groups in total. The van der Waals surface area contributed by atoms with Crippen LogP contribution in [0.5, 0.6) is 5.75 Å². The largest absolute Gasteiger partial charge is 0.489 e. The summed E-state index contributed by atoms with van der Waals surface area (Å²) in [6, 6.07) is 3.75. The summed E-state index contributed by atoms with van der Waals surface area (Å²) in [4.78, 5) is 16.7. The predicted molar refractivity (Wildman–Crippen MR) is 80.3 cm³/mol. The molecule has 116 valence electrons. The van der Waals surface area contributed by atoms with E-state index in [4.69, 9.17) is 9.47 Å². The molecule has 2 heterocycles. The Hall–Kier alpha value is -1.62. The van der Waals surface area contributed by atoms with Gasteiger partial charge in [0.2, 0.25) is 0 Å². The lowest BCUT2D eigenvalue weighted by atomic mass is 9.98. The lowest BCUT2D eigenvalue weighted by Crippen LogP contribution is -2.54. The van der Waals surface area contributed by atoms with Crippen LogP contribution in [0.2, 0.25) is 0 Å². The van der Waals surface area contributed by atoms with Crippen molar-refractivity contribution in [3.63, 3.8) is 0 Å². The molecular weight excluding hydrogens is 268 g/mol. The van der Waals surface area contributed by atoms with E-state index in [1.54, 1.807) is 6.20 Å². The van der Waals surface area contributed by atoms with Crippen molar-refractivity contribution in [2.45, 2.75) is 51.7 Å². The lowest BCUT2D eigenvalue weighted by molar-refractivity contribution is -0.164. The Morgan fingerprint density at radius 2 is 2.19 bits per heavy atom. The van der Waals surface area contributed by atoms with Crippen molar-refractivity contribution in [1.29, 1.82) is 0 Å². The molecule has 5 heteroatoms. The van der Waals surface area contributed by atoms with Gasteiger partial charge in [0.05, 0.1) is 6.20 Å². The van der Waals surface area contributed by atoms with Gasteiger partial charge in [-0.3, -0.25) is 10.3 Å². The summed E-state index contributed by atoms with van der Waals surface area (Å²) in [6.45, 7) is 8.60.